The van der Waals surface area contributed by atoms with Crippen LogP contribution >= 0.6 is 0 Å². The predicted octanol–water partition coefficient (Wildman–Crippen LogP) is 4.46. The first-order valence-electron chi connectivity index (χ1n) is 8.46. The number of halogens is 3. The summed E-state index contributed by atoms with van der Waals surface area (Å²) in [4.78, 5) is 0. The van der Waals surface area contributed by atoms with Gasteiger partial charge < -0.3 is 10.1 Å². The number of nitrogens with zero attached hydrogens (tertiary/aromatic N) is 2. The minimum absolute atomic E-state index is 0.1000. The van der Waals surface area contributed by atoms with Gasteiger partial charge in [-0.25, -0.2) is 17.9 Å². The van der Waals surface area contributed by atoms with Crippen LogP contribution in [0.1, 0.15) is 29.8 Å². The minimum atomic E-state index is -0.676. The summed E-state index contributed by atoms with van der Waals surface area (Å²) in [5, 5.41) is 7.57. The van der Waals surface area contributed by atoms with Gasteiger partial charge >= 0.3 is 0 Å². The molecular formula is C20H20F3N3O. The highest BCUT2D eigenvalue weighted by molar-refractivity contribution is 5.37. The first kappa shape index (κ1) is 19.0. The van der Waals surface area contributed by atoms with E-state index >= 15 is 0 Å². The molecule has 1 heterocycles. The van der Waals surface area contributed by atoms with Crippen molar-refractivity contribution in [3.8, 4) is 11.4 Å². The molecule has 0 aliphatic carbocycles. The first-order valence-corrected chi connectivity index (χ1v) is 8.46. The lowest BCUT2D eigenvalue weighted by atomic mass is 10.1. The van der Waals surface area contributed by atoms with Gasteiger partial charge in [0.25, 0.3) is 0 Å². The Labute approximate surface area is 155 Å². The topological polar surface area (TPSA) is 39.1 Å². The molecule has 2 aromatic carbocycles. The zero-order valence-electron chi connectivity index (χ0n) is 15.3. The number of aromatic nitrogens is 2. The molecule has 0 radical (unpaired) electrons. The molecular weight excluding hydrogens is 355 g/mol. The maximum absolute atomic E-state index is 14.1. The van der Waals surface area contributed by atoms with Crippen LogP contribution in [0, 0.1) is 24.4 Å². The molecule has 3 rings (SSSR count). The summed E-state index contributed by atoms with van der Waals surface area (Å²) in [6.45, 7) is 4.23. The Hall–Kier alpha value is -2.80. The molecule has 0 spiro atoms. The van der Waals surface area contributed by atoms with Gasteiger partial charge in [0.1, 0.15) is 23.1 Å². The summed E-state index contributed by atoms with van der Waals surface area (Å²) in [5.74, 6) is -1.20. The highest BCUT2D eigenvalue weighted by Gasteiger charge is 2.17. The number of rotatable bonds is 6. The summed E-state index contributed by atoms with van der Waals surface area (Å²) in [6, 6.07) is 7.67. The molecule has 0 bridgehead atoms. The van der Waals surface area contributed by atoms with Crippen molar-refractivity contribution in [3.05, 3.63) is 76.9 Å². The zero-order chi connectivity index (χ0) is 19.6. The van der Waals surface area contributed by atoms with Crippen molar-refractivity contribution in [1.82, 2.24) is 15.1 Å². The third kappa shape index (κ3) is 3.98. The largest absolute Gasteiger partial charge is 0.496 e. The number of hydrogen-bond donors (Lipinski definition) is 1. The van der Waals surface area contributed by atoms with Crippen molar-refractivity contribution >= 4 is 0 Å². The van der Waals surface area contributed by atoms with E-state index in [1.807, 2.05) is 13.8 Å². The second kappa shape index (κ2) is 7.84. The zero-order valence-corrected chi connectivity index (χ0v) is 15.3. The molecule has 0 saturated carbocycles. The number of benzene rings is 2. The van der Waals surface area contributed by atoms with Crippen LogP contribution in [0.25, 0.3) is 5.69 Å². The summed E-state index contributed by atoms with van der Waals surface area (Å²) >= 11 is 0. The lowest BCUT2D eigenvalue weighted by Crippen LogP contribution is -2.19. The van der Waals surface area contributed by atoms with Gasteiger partial charge in [-0.15, -0.1) is 0 Å². The Morgan fingerprint density at radius 1 is 1.11 bits per heavy atom. The van der Waals surface area contributed by atoms with Gasteiger partial charge in [-0.1, -0.05) is 6.07 Å². The summed E-state index contributed by atoms with van der Waals surface area (Å²) < 4.78 is 47.1. The van der Waals surface area contributed by atoms with Gasteiger partial charge in [0.05, 0.1) is 13.3 Å². The Morgan fingerprint density at radius 2 is 1.81 bits per heavy atom. The SMILES string of the molecule is COc1cc(F)ccc1CNC(C)c1cnn(-c2ccc(F)cc2F)c1C. The number of hydrogen-bond acceptors (Lipinski definition) is 3. The van der Waals surface area contributed by atoms with E-state index in [1.54, 1.807) is 12.3 Å². The molecule has 7 heteroatoms. The van der Waals surface area contributed by atoms with Crippen LogP contribution < -0.4 is 10.1 Å². The molecule has 0 saturated heterocycles. The van der Waals surface area contributed by atoms with Crippen molar-refractivity contribution in [1.29, 1.82) is 0 Å². The predicted molar refractivity (Wildman–Crippen MR) is 96.4 cm³/mol. The molecule has 3 aromatic rings. The van der Waals surface area contributed by atoms with E-state index in [2.05, 4.69) is 10.4 Å². The average molecular weight is 375 g/mol. The molecule has 27 heavy (non-hydrogen) atoms. The van der Waals surface area contributed by atoms with E-state index in [4.69, 9.17) is 4.74 Å². The summed E-state index contributed by atoms with van der Waals surface area (Å²) in [5.41, 5.74) is 2.62. The lowest BCUT2D eigenvalue weighted by Gasteiger charge is -2.16. The van der Waals surface area contributed by atoms with E-state index < -0.39 is 11.6 Å². The Kier molecular flexibility index (Phi) is 5.51. The summed E-state index contributed by atoms with van der Waals surface area (Å²) in [6.07, 6.45) is 1.65. The molecule has 4 nitrogen and oxygen atoms in total. The van der Waals surface area contributed by atoms with Gasteiger partial charge in [0.15, 0.2) is 5.82 Å². The van der Waals surface area contributed by atoms with Gasteiger partial charge in [0.2, 0.25) is 0 Å². The monoisotopic (exact) mass is 375 g/mol. The lowest BCUT2D eigenvalue weighted by molar-refractivity contribution is 0.402. The molecule has 1 unspecified atom stereocenters. The minimum Gasteiger partial charge on any atom is -0.496 e. The maximum Gasteiger partial charge on any atom is 0.151 e. The molecule has 0 aliphatic heterocycles. The second-order valence-corrected chi connectivity index (χ2v) is 6.25. The molecule has 142 valence electrons. The Balaban J connectivity index is 1.78. The van der Waals surface area contributed by atoms with Crippen molar-refractivity contribution in [2.24, 2.45) is 0 Å². The Bertz CT molecular complexity index is 956. The van der Waals surface area contributed by atoms with Crippen molar-refractivity contribution < 1.29 is 17.9 Å². The summed E-state index contributed by atoms with van der Waals surface area (Å²) in [7, 11) is 1.49. The molecule has 1 atom stereocenters. The fraction of sp³-hybridized carbons (Fsp3) is 0.250. The third-order valence-corrected chi connectivity index (χ3v) is 4.50. The van der Waals surface area contributed by atoms with Gasteiger partial charge in [-0.2, -0.15) is 5.10 Å². The van der Waals surface area contributed by atoms with Crippen LogP contribution in [0.4, 0.5) is 13.2 Å². The van der Waals surface area contributed by atoms with Crippen LogP contribution in [0.2, 0.25) is 0 Å². The van der Waals surface area contributed by atoms with E-state index in [1.165, 1.54) is 36.1 Å². The number of nitrogens with one attached hydrogen (secondary N) is 1. The van der Waals surface area contributed by atoms with Crippen molar-refractivity contribution in [2.75, 3.05) is 7.11 Å². The van der Waals surface area contributed by atoms with E-state index in [9.17, 15) is 13.2 Å². The second-order valence-electron chi connectivity index (χ2n) is 6.25. The smallest absolute Gasteiger partial charge is 0.151 e. The van der Waals surface area contributed by atoms with Crippen LogP contribution in [0.5, 0.6) is 5.75 Å². The molecule has 0 fully saturated rings. The van der Waals surface area contributed by atoms with E-state index in [0.717, 1.165) is 22.9 Å². The Morgan fingerprint density at radius 3 is 2.52 bits per heavy atom. The van der Waals surface area contributed by atoms with Crippen LogP contribution in [0.3, 0.4) is 0 Å². The number of ether oxygens (including phenoxy) is 1. The molecule has 1 N–H and O–H groups in total. The normalized spacial score (nSPS) is 12.2. The quantitative estimate of drug-likeness (QED) is 0.692. The van der Waals surface area contributed by atoms with Gasteiger partial charge in [-0.05, 0) is 32.0 Å². The molecule has 1 aromatic heterocycles. The fourth-order valence-corrected chi connectivity index (χ4v) is 2.98. The van der Waals surface area contributed by atoms with Crippen LogP contribution in [-0.2, 0) is 6.54 Å². The van der Waals surface area contributed by atoms with Gasteiger partial charge in [0, 0.05) is 41.5 Å². The van der Waals surface area contributed by atoms with Crippen molar-refractivity contribution in [2.45, 2.75) is 26.4 Å². The molecule has 0 aliphatic rings. The van der Waals surface area contributed by atoms with Crippen LogP contribution in [0.15, 0.2) is 42.6 Å². The first-order chi connectivity index (χ1) is 12.9. The highest BCUT2D eigenvalue weighted by Crippen LogP contribution is 2.24. The van der Waals surface area contributed by atoms with Crippen molar-refractivity contribution in [3.63, 3.8) is 0 Å². The van der Waals surface area contributed by atoms with Crippen LogP contribution in [-0.4, -0.2) is 16.9 Å². The fourth-order valence-electron chi connectivity index (χ4n) is 2.98. The third-order valence-electron chi connectivity index (χ3n) is 4.50. The number of methoxy groups -OCH3 is 1. The van der Waals surface area contributed by atoms with Gasteiger partial charge in [-0.3, -0.25) is 0 Å². The van der Waals surface area contributed by atoms with E-state index in [-0.39, 0.29) is 17.5 Å². The van der Waals surface area contributed by atoms with E-state index in [0.29, 0.717) is 12.3 Å². The average Bonchev–Trinajstić information content (AvgIpc) is 3.01. The maximum atomic E-state index is 14.1. The standard InChI is InChI=1S/C20H20F3N3O/c1-12(24-10-14-4-5-16(22)9-20(14)27-3)17-11-25-26(13(17)2)19-7-6-15(21)8-18(19)23/h4-9,11-12,24H,10H2,1-3H3. The highest BCUT2D eigenvalue weighted by atomic mass is 19.1. The molecule has 0 amide bonds.